The Labute approximate surface area is 104 Å². The van der Waals surface area contributed by atoms with Gasteiger partial charge in [-0.3, -0.25) is 4.79 Å². The maximum Gasteiger partial charge on any atom is 0.251 e. The van der Waals surface area contributed by atoms with E-state index in [1.165, 1.54) is 0 Å². The third-order valence-corrected chi connectivity index (χ3v) is 2.47. The molecule has 0 saturated carbocycles. The summed E-state index contributed by atoms with van der Waals surface area (Å²) in [7, 11) is 0. The Morgan fingerprint density at radius 2 is 2.25 bits per heavy atom. The van der Waals surface area contributed by atoms with Crippen molar-refractivity contribution in [3.05, 3.63) is 40.4 Å². The van der Waals surface area contributed by atoms with Crippen LogP contribution in [0.2, 0.25) is 0 Å². The monoisotopic (exact) mass is 282 g/mol. The molecular weight excluding hydrogens is 268 g/mol. The lowest BCUT2D eigenvalue weighted by atomic mass is 10.2. The van der Waals surface area contributed by atoms with Crippen LogP contribution >= 0.6 is 15.9 Å². The van der Waals surface area contributed by atoms with Crippen molar-refractivity contribution in [1.29, 1.82) is 0 Å². The van der Waals surface area contributed by atoms with Crippen molar-refractivity contribution in [2.24, 2.45) is 0 Å². The molecule has 0 unspecified atom stereocenters. The second-order valence-electron chi connectivity index (χ2n) is 3.39. The van der Waals surface area contributed by atoms with Gasteiger partial charge >= 0.3 is 0 Å². The van der Waals surface area contributed by atoms with Crippen molar-refractivity contribution in [3.8, 4) is 0 Å². The van der Waals surface area contributed by atoms with Gasteiger partial charge in [0.15, 0.2) is 0 Å². The Morgan fingerprint density at radius 3 is 2.88 bits per heavy atom. The molecule has 1 aromatic carbocycles. The molecule has 1 amide bonds. The molecule has 0 bridgehead atoms. The van der Waals surface area contributed by atoms with Crippen molar-refractivity contribution in [3.63, 3.8) is 0 Å². The summed E-state index contributed by atoms with van der Waals surface area (Å²) in [5.74, 6) is -0.0995. The second-order valence-corrected chi connectivity index (χ2v) is 4.30. The Balaban J connectivity index is 2.59. The average molecular weight is 283 g/mol. The van der Waals surface area contributed by atoms with Crippen molar-refractivity contribution in [2.75, 3.05) is 12.3 Å². The second kappa shape index (κ2) is 6.33. The standard InChI is InChI=1S/C12H15BrN2O/c1-2-3-4-5-15-12(16)9-6-10(13)8-11(14)7-9/h2-3,6-8H,4-5,14H2,1H3,(H,15,16)/b3-2+. The van der Waals surface area contributed by atoms with Crippen LogP contribution in [0.15, 0.2) is 34.8 Å². The number of halogens is 1. The van der Waals surface area contributed by atoms with Gasteiger partial charge in [0, 0.05) is 22.3 Å². The van der Waals surface area contributed by atoms with Gasteiger partial charge in [-0.1, -0.05) is 28.1 Å². The van der Waals surface area contributed by atoms with Gasteiger partial charge in [0.25, 0.3) is 5.91 Å². The molecule has 0 spiro atoms. The number of nitrogens with one attached hydrogen (secondary N) is 1. The first-order valence-corrected chi connectivity index (χ1v) is 5.88. The summed E-state index contributed by atoms with van der Waals surface area (Å²) in [5, 5.41) is 2.82. The number of amides is 1. The molecule has 0 aliphatic rings. The number of anilines is 1. The number of rotatable bonds is 4. The Bertz CT molecular complexity index is 382. The van der Waals surface area contributed by atoms with Gasteiger partial charge in [-0.25, -0.2) is 0 Å². The van der Waals surface area contributed by atoms with Gasteiger partial charge in [0.2, 0.25) is 0 Å². The number of nitrogens with two attached hydrogens (primary N) is 1. The van der Waals surface area contributed by atoms with Crippen LogP contribution < -0.4 is 11.1 Å². The first kappa shape index (κ1) is 12.8. The molecule has 0 heterocycles. The van der Waals surface area contributed by atoms with E-state index in [2.05, 4.69) is 21.2 Å². The molecule has 1 aromatic rings. The Morgan fingerprint density at radius 1 is 1.50 bits per heavy atom. The van der Waals surface area contributed by atoms with E-state index in [4.69, 9.17) is 5.73 Å². The molecule has 3 nitrogen and oxygen atoms in total. The highest BCUT2D eigenvalue weighted by Crippen LogP contribution is 2.17. The highest BCUT2D eigenvalue weighted by atomic mass is 79.9. The molecule has 0 aromatic heterocycles. The van der Waals surface area contributed by atoms with E-state index < -0.39 is 0 Å². The van der Waals surface area contributed by atoms with Gasteiger partial charge in [0.05, 0.1) is 0 Å². The SMILES string of the molecule is C/C=C/CCNC(=O)c1cc(N)cc(Br)c1. The highest BCUT2D eigenvalue weighted by molar-refractivity contribution is 9.10. The molecule has 3 N–H and O–H groups in total. The van der Waals surface area contributed by atoms with Crippen LogP contribution in [-0.4, -0.2) is 12.5 Å². The first-order chi connectivity index (χ1) is 7.63. The largest absolute Gasteiger partial charge is 0.399 e. The number of hydrogen-bond donors (Lipinski definition) is 2. The predicted molar refractivity (Wildman–Crippen MR) is 70.3 cm³/mol. The summed E-state index contributed by atoms with van der Waals surface area (Å²) in [6.45, 7) is 2.59. The maximum atomic E-state index is 11.7. The van der Waals surface area contributed by atoms with Crippen LogP contribution in [-0.2, 0) is 0 Å². The zero-order chi connectivity index (χ0) is 12.0. The summed E-state index contributed by atoms with van der Waals surface area (Å²) in [6.07, 6.45) is 4.81. The van der Waals surface area contributed by atoms with E-state index in [-0.39, 0.29) is 5.91 Å². The summed E-state index contributed by atoms with van der Waals surface area (Å²) < 4.78 is 0.811. The minimum atomic E-state index is -0.0995. The lowest BCUT2D eigenvalue weighted by molar-refractivity contribution is 0.0954. The fourth-order valence-electron chi connectivity index (χ4n) is 1.28. The minimum Gasteiger partial charge on any atom is -0.399 e. The summed E-state index contributed by atoms with van der Waals surface area (Å²) >= 11 is 3.30. The number of carbonyl (C=O) groups is 1. The molecule has 0 saturated heterocycles. The fourth-order valence-corrected chi connectivity index (χ4v) is 1.79. The molecule has 0 aliphatic carbocycles. The number of allylic oxidation sites excluding steroid dienone is 1. The van der Waals surface area contributed by atoms with Gasteiger partial charge in [-0.2, -0.15) is 0 Å². The first-order valence-electron chi connectivity index (χ1n) is 5.09. The van der Waals surface area contributed by atoms with Crippen LogP contribution in [0.1, 0.15) is 23.7 Å². The van der Waals surface area contributed by atoms with E-state index in [1.807, 2.05) is 19.1 Å². The van der Waals surface area contributed by atoms with E-state index in [9.17, 15) is 4.79 Å². The molecular formula is C12H15BrN2O. The topological polar surface area (TPSA) is 55.1 Å². The Kier molecular flexibility index (Phi) is 5.05. The fraction of sp³-hybridized carbons (Fsp3) is 0.250. The molecule has 16 heavy (non-hydrogen) atoms. The maximum absolute atomic E-state index is 11.7. The van der Waals surface area contributed by atoms with Gasteiger partial charge in [-0.05, 0) is 31.5 Å². The van der Waals surface area contributed by atoms with Gasteiger partial charge in [0.1, 0.15) is 0 Å². The van der Waals surface area contributed by atoms with E-state index >= 15 is 0 Å². The summed E-state index contributed by atoms with van der Waals surface area (Å²) in [5.41, 5.74) is 6.81. The van der Waals surface area contributed by atoms with Crippen molar-refractivity contribution < 1.29 is 4.79 Å². The van der Waals surface area contributed by atoms with Crippen LogP contribution in [0.5, 0.6) is 0 Å². The molecule has 86 valence electrons. The van der Waals surface area contributed by atoms with Gasteiger partial charge < -0.3 is 11.1 Å². The van der Waals surface area contributed by atoms with Gasteiger partial charge in [-0.15, -0.1) is 0 Å². The van der Waals surface area contributed by atoms with Crippen LogP contribution in [0, 0.1) is 0 Å². The van der Waals surface area contributed by atoms with E-state index in [0.717, 1.165) is 10.9 Å². The average Bonchev–Trinajstić information content (AvgIpc) is 2.22. The highest BCUT2D eigenvalue weighted by Gasteiger charge is 2.05. The molecule has 0 radical (unpaired) electrons. The lowest BCUT2D eigenvalue weighted by Gasteiger charge is -2.05. The molecule has 1 rings (SSSR count). The zero-order valence-electron chi connectivity index (χ0n) is 9.16. The number of benzene rings is 1. The normalized spacial score (nSPS) is 10.6. The van der Waals surface area contributed by atoms with Crippen molar-refractivity contribution in [1.82, 2.24) is 5.32 Å². The summed E-state index contributed by atoms with van der Waals surface area (Å²) in [4.78, 5) is 11.7. The Hall–Kier alpha value is -1.29. The van der Waals surface area contributed by atoms with E-state index in [0.29, 0.717) is 17.8 Å². The molecule has 0 atom stereocenters. The number of nitrogen functional groups attached to an aromatic ring is 1. The number of hydrogen-bond acceptors (Lipinski definition) is 2. The molecule has 4 heteroatoms. The third-order valence-electron chi connectivity index (χ3n) is 2.01. The molecule has 0 aliphatic heterocycles. The smallest absolute Gasteiger partial charge is 0.251 e. The third kappa shape index (κ3) is 4.06. The quantitative estimate of drug-likeness (QED) is 0.507. The number of carbonyl (C=O) groups excluding carboxylic acids is 1. The van der Waals surface area contributed by atoms with Crippen molar-refractivity contribution >= 4 is 27.5 Å². The minimum absolute atomic E-state index is 0.0995. The van der Waals surface area contributed by atoms with Crippen molar-refractivity contribution in [2.45, 2.75) is 13.3 Å². The van der Waals surface area contributed by atoms with Crippen LogP contribution in [0.3, 0.4) is 0 Å². The summed E-state index contributed by atoms with van der Waals surface area (Å²) in [6, 6.07) is 5.17. The van der Waals surface area contributed by atoms with Crippen LogP contribution in [0.25, 0.3) is 0 Å². The van der Waals surface area contributed by atoms with E-state index in [1.54, 1.807) is 18.2 Å². The molecule has 0 fully saturated rings. The van der Waals surface area contributed by atoms with Crippen LogP contribution in [0.4, 0.5) is 5.69 Å². The predicted octanol–water partition coefficient (Wildman–Crippen LogP) is 2.73. The lowest BCUT2D eigenvalue weighted by Crippen LogP contribution is -2.24. The zero-order valence-corrected chi connectivity index (χ0v) is 10.8.